The first-order valence-electron chi connectivity index (χ1n) is 9.59. The molecule has 4 heteroatoms. The van der Waals surface area contributed by atoms with Gasteiger partial charge in [0.1, 0.15) is 6.04 Å². The van der Waals surface area contributed by atoms with Gasteiger partial charge in [-0.15, -0.1) is 0 Å². The average Bonchev–Trinajstić information content (AvgIpc) is 3.15. The molecule has 0 saturated carbocycles. The molecule has 2 aromatic carbocycles. The zero-order valence-corrected chi connectivity index (χ0v) is 16.4. The van der Waals surface area contributed by atoms with Crippen LogP contribution in [0.1, 0.15) is 55.1 Å². The minimum Gasteiger partial charge on any atom is -0.350 e. The predicted octanol–water partition coefficient (Wildman–Crippen LogP) is 3.91. The molecular formula is C23H28N2O2. The van der Waals surface area contributed by atoms with Crippen LogP contribution in [0.25, 0.3) is 0 Å². The van der Waals surface area contributed by atoms with Crippen LogP contribution in [0.3, 0.4) is 0 Å². The van der Waals surface area contributed by atoms with Crippen molar-refractivity contribution in [3.63, 3.8) is 0 Å². The normalized spacial score (nSPS) is 17.0. The lowest BCUT2D eigenvalue weighted by molar-refractivity contribution is -0.125. The Labute approximate surface area is 161 Å². The van der Waals surface area contributed by atoms with Crippen LogP contribution in [0.15, 0.2) is 54.6 Å². The number of benzene rings is 2. The molecule has 4 nitrogen and oxygen atoms in total. The molecule has 1 fully saturated rings. The fourth-order valence-corrected chi connectivity index (χ4v) is 3.46. The maximum absolute atomic E-state index is 12.9. The Morgan fingerprint density at radius 1 is 1.04 bits per heavy atom. The molecule has 0 aromatic heterocycles. The van der Waals surface area contributed by atoms with E-state index in [9.17, 15) is 9.59 Å². The van der Waals surface area contributed by atoms with E-state index in [2.05, 4.69) is 26.1 Å². The van der Waals surface area contributed by atoms with Crippen LogP contribution >= 0.6 is 0 Å². The lowest BCUT2D eigenvalue weighted by Gasteiger charge is -2.25. The fourth-order valence-electron chi connectivity index (χ4n) is 3.46. The second kappa shape index (κ2) is 7.95. The lowest BCUT2D eigenvalue weighted by atomic mass is 9.86. The Kier molecular flexibility index (Phi) is 5.64. The highest BCUT2D eigenvalue weighted by Gasteiger charge is 2.34. The maximum Gasteiger partial charge on any atom is 0.254 e. The first-order chi connectivity index (χ1) is 12.9. The summed E-state index contributed by atoms with van der Waals surface area (Å²) in [7, 11) is 0. The Bertz CT molecular complexity index is 791. The van der Waals surface area contributed by atoms with E-state index in [1.54, 1.807) is 4.90 Å². The fraction of sp³-hybridized carbons (Fsp3) is 0.391. The number of nitrogens with one attached hydrogen (secondary N) is 1. The van der Waals surface area contributed by atoms with Gasteiger partial charge in [-0.05, 0) is 41.5 Å². The van der Waals surface area contributed by atoms with Crippen LogP contribution in [0.5, 0.6) is 0 Å². The second-order valence-corrected chi connectivity index (χ2v) is 8.19. The SMILES string of the molecule is CC(C)(C)c1ccc(C(=O)N2CCC[C@H]2C(=O)NCc2ccccc2)cc1. The van der Waals surface area contributed by atoms with Crippen molar-refractivity contribution < 1.29 is 9.59 Å². The standard InChI is InChI=1S/C23H28N2O2/c1-23(2,3)19-13-11-18(12-14-19)22(27)25-15-7-10-20(25)21(26)24-16-17-8-5-4-6-9-17/h4-6,8-9,11-14,20H,7,10,15-16H2,1-3H3,(H,24,26)/t20-/m0/s1. The van der Waals surface area contributed by atoms with Crippen molar-refractivity contribution >= 4 is 11.8 Å². The molecule has 0 unspecified atom stereocenters. The summed E-state index contributed by atoms with van der Waals surface area (Å²) >= 11 is 0. The van der Waals surface area contributed by atoms with Crippen LogP contribution in [0.4, 0.5) is 0 Å². The number of hydrogen-bond donors (Lipinski definition) is 1. The van der Waals surface area contributed by atoms with Crippen LogP contribution in [-0.2, 0) is 16.8 Å². The van der Waals surface area contributed by atoms with E-state index in [0.29, 0.717) is 25.1 Å². The highest BCUT2D eigenvalue weighted by atomic mass is 16.2. The minimum absolute atomic E-state index is 0.0507. The molecule has 0 aliphatic carbocycles. The van der Waals surface area contributed by atoms with Crippen molar-refractivity contribution in [1.82, 2.24) is 10.2 Å². The van der Waals surface area contributed by atoms with Gasteiger partial charge in [0.25, 0.3) is 5.91 Å². The van der Waals surface area contributed by atoms with Crippen molar-refractivity contribution in [2.24, 2.45) is 0 Å². The zero-order valence-electron chi connectivity index (χ0n) is 16.4. The summed E-state index contributed by atoms with van der Waals surface area (Å²) in [6.45, 7) is 7.56. The zero-order chi connectivity index (χ0) is 19.4. The summed E-state index contributed by atoms with van der Waals surface area (Å²) < 4.78 is 0. The van der Waals surface area contributed by atoms with Gasteiger partial charge < -0.3 is 10.2 Å². The van der Waals surface area contributed by atoms with Gasteiger partial charge in [0.2, 0.25) is 5.91 Å². The molecule has 1 saturated heterocycles. The number of hydrogen-bond acceptors (Lipinski definition) is 2. The van der Waals surface area contributed by atoms with Gasteiger partial charge in [-0.1, -0.05) is 63.2 Å². The van der Waals surface area contributed by atoms with Crippen LogP contribution in [0.2, 0.25) is 0 Å². The summed E-state index contributed by atoms with van der Waals surface area (Å²) in [5, 5.41) is 2.97. The third-order valence-corrected chi connectivity index (χ3v) is 5.12. The van der Waals surface area contributed by atoms with E-state index in [4.69, 9.17) is 0 Å². The van der Waals surface area contributed by atoms with Crippen molar-refractivity contribution in [3.8, 4) is 0 Å². The van der Waals surface area contributed by atoms with Crippen LogP contribution < -0.4 is 5.32 Å². The third kappa shape index (κ3) is 4.57. The van der Waals surface area contributed by atoms with Crippen molar-refractivity contribution in [3.05, 3.63) is 71.3 Å². The number of carbonyl (C=O) groups is 2. The molecule has 1 aliphatic heterocycles. The molecule has 0 spiro atoms. The van der Waals surface area contributed by atoms with Gasteiger partial charge in [0.15, 0.2) is 0 Å². The van der Waals surface area contributed by atoms with Gasteiger partial charge in [-0.25, -0.2) is 0 Å². The predicted molar refractivity (Wildman–Crippen MR) is 107 cm³/mol. The third-order valence-electron chi connectivity index (χ3n) is 5.12. The largest absolute Gasteiger partial charge is 0.350 e. The van der Waals surface area contributed by atoms with Gasteiger partial charge in [0.05, 0.1) is 0 Å². The second-order valence-electron chi connectivity index (χ2n) is 8.19. The summed E-state index contributed by atoms with van der Waals surface area (Å²) in [6.07, 6.45) is 1.57. The smallest absolute Gasteiger partial charge is 0.254 e. The van der Waals surface area contributed by atoms with E-state index in [1.807, 2.05) is 54.6 Å². The van der Waals surface area contributed by atoms with Gasteiger partial charge in [-0.3, -0.25) is 9.59 Å². The Hall–Kier alpha value is -2.62. The Morgan fingerprint density at radius 3 is 2.33 bits per heavy atom. The van der Waals surface area contributed by atoms with E-state index < -0.39 is 0 Å². The molecular weight excluding hydrogens is 336 g/mol. The summed E-state index contributed by atoms with van der Waals surface area (Å²) in [5.74, 6) is -0.135. The topological polar surface area (TPSA) is 49.4 Å². The molecule has 1 N–H and O–H groups in total. The van der Waals surface area contributed by atoms with Gasteiger partial charge >= 0.3 is 0 Å². The molecule has 1 atom stereocenters. The van der Waals surface area contributed by atoms with E-state index in [1.165, 1.54) is 5.56 Å². The van der Waals surface area contributed by atoms with E-state index >= 15 is 0 Å². The van der Waals surface area contributed by atoms with Gasteiger partial charge in [-0.2, -0.15) is 0 Å². The van der Waals surface area contributed by atoms with Gasteiger partial charge in [0, 0.05) is 18.7 Å². The summed E-state index contributed by atoms with van der Waals surface area (Å²) in [6, 6.07) is 17.2. The molecule has 142 valence electrons. The number of amides is 2. The average molecular weight is 364 g/mol. The summed E-state index contributed by atoms with van der Waals surface area (Å²) in [4.78, 5) is 27.3. The van der Waals surface area contributed by atoms with Crippen molar-refractivity contribution in [2.75, 3.05) is 6.54 Å². The monoisotopic (exact) mass is 364 g/mol. The number of rotatable bonds is 4. The number of carbonyl (C=O) groups excluding carboxylic acids is 2. The molecule has 1 heterocycles. The Balaban J connectivity index is 1.66. The molecule has 3 rings (SSSR count). The van der Waals surface area contributed by atoms with E-state index in [-0.39, 0.29) is 23.3 Å². The quantitative estimate of drug-likeness (QED) is 0.894. The molecule has 1 aliphatic rings. The molecule has 0 bridgehead atoms. The first kappa shape index (κ1) is 19.2. The number of likely N-dealkylation sites (tertiary alicyclic amines) is 1. The molecule has 27 heavy (non-hydrogen) atoms. The highest BCUT2D eigenvalue weighted by molar-refractivity contribution is 5.98. The summed E-state index contributed by atoms with van der Waals surface area (Å²) in [5.41, 5.74) is 2.94. The van der Waals surface area contributed by atoms with E-state index in [0.717, 1.165) is 12.0 Å². The maximum atomic E-state index is 12.9. The highest BCUT2D eigenvalue weighted by Crippen LogP contribution is 2.24. The Morgan fingerprint density at radius 2 is 1.70 bits per heavy atom. The van der Waals surface area contributed by atoms with Crippen LogP contribution in [-0.4, -0.2) is 29.3 Å². The minimum atomic E-state index is -0.386. The number of nitrogens with zero attached hydrogens (tertiary/aromatic N) is 1. The molecule has 0 radical (unpaired) electrons. The first-order valence-corrected chi connectivity index (χ1v) is 9.59. The lowest BCUT2D eigenvalue weighted by Crippen LogP contribution is -2.45. The van der Waals surface area contributed by atoms with Crippen LogP contribution in [0, 0.1) is 0 Å². The molecule has 2 aromatic rings. The van der Waals surface area contributed by atoms with Crippen molar-refractivity contribution in [2.45, 2.75) is 51.6 Å². The molecule has 2 amide bonds. The van der Waals surface area contributed by atoms with Crippen molar-refractivity contribution in [1.29, 1.82) is 0 Å².